The summed E-state index contributed by atoms with van der Waals surface area (Å²) in [5.41, 5.74) is 3.08. The number of nitrogens with one attached hydrogen (secondary N) is 2. The van der Waals surface area contributed by atoms with E-state index in [-0.39, 0.29) is 23.8 Å². The maximum atomic E-state index is 13.4. The molecule has 45 heavy (non-hydrogen) atoms. The average molecular weight is 606 g/mol. The summed E-state index contributed by atoms with van der Waals surface area (Å²) in [5, 5.41) is 5.03. The number of hydrogen-bond acceptors (Lipinski definition) is 7. The van der Waals surface area contributed by atoms with E-state index in [9.17, 15) is 19.2 Å². The SMILES string of the molecule is CCOc1cc(/C=C2/C(=O)NC(=O)N(c3ccc(OCc4ccccc4)cc3)C2=O)ccc1OCC(=O)Nc1ccccc1C. The summed E-state index contributed by atoms with van der Waals surface area (Å²) in [7, 11) is 0. The largest absolute Gasteiger partial charge is 0.490 e. The summed E-state index contributed by atoms with van der Waals surface area (Å²) in [6, 6.07) is 27.4. The molecule has 4 aromatic rings. The molecule has 10 heteroatoms. The lowest BCUT2D eigenvalue weighted by Crippen LogP contribution is -2.54. The van der Waals surface area contributed by atoms with Crippen LogP contribution in [0.3, 0.4) is 0 Å². The Labute approximate surface area is 260 Å². The zero-order valence-corrected chi connectivity index (χ0v) is 24.7. The van der Waals surface area contributed by atoms with E-state index in [4.69, 9.17) is 14.2 Å². The molecule has 0 aliphatic carbocycles. The van der Waals surface area contributed by atoms with E-state index in [1.165, 1.54) is 6.08 Å². The second kappa shape index (κ2) is 14.0. The molecule has 5 amide bonds. The molecule has 5 rings (SSSR count). The first-order valence-electron chi connectivity index (χ1n) is 14.3. The topological polar surface area (TPSA) is 123 Å². The first kappa shape index (κ1) is 30.6. The lowest BCUT2D eigenvalue weighted by Gasteiger charge is -2.26. The molecule has 1 fully saturated rings. The molecule has 0 aromatic heterocycles. The summed E-state index contributed by atoms with van der Waals surface area (Å²) in [6.45, 7) is 4.09. The number of urea groups is 1. The van der Waals surface area contributed by atoms with Gasteiger partial charge in [0.15, 0.2) is 18.1 Å². The highest BCUT2D eigenvalue weighted by Crippen LogP contribution is 2.31. The van der Waals surface area contributed by atoms with Crippen LogP contribution in [0.5, 0.6) is 17.2 Å². The predicted octanol–water partition coefficient (Wildman–Crippen LogP) is 5.66. The third-order valence-electron chi connectivity index (χ3n) is 6.80. The first-order chi connectivity index (χ1) is 21.8. The van der Waals surface area contributed by atoms with Crippen LogP contribution in [0.2, 0.25) is 0 Å². The van der Waals surface area contributed by atoms with Crippen molar-refractivity contribution in [3.05, 3.63) is 119 Å². The van der Waals surface area contributed by atoms with E-state index < -0.39 is 17.8 Å². The second-order valence-electron chi connectivity index (χ2n) is 10.0. The van der Waals surface area contributed by atoms with Crippen molar-refractivity contribution in [2.45, 2.75) is 20.5 Å². The molecule has 0 saturated carbocycles. The standard InChI is InChI=1S/C35H31N3O7/c1-3-43-31-20-25(13-18-30(31)45-22-32(39)36-29-12-8-7-9-23(29)2)19-28-33(40)37-35(42)38(34(28)41)26-14-16-27(17-15-26)44-21-24-10-5-4-6-11-24/h4-20H,3,21-22H2,1-2H3,(H,36,39)(H,37,40,42)/b28-19-. The fraction of sp³-hybridized carbons (Fsp3) is 0.143. The van der Waals surface area contributed by atoms with Gasteiger partial charge in [0, 0.05) is 5.69 Å². The lowest BCUT2D eigenvalue weighted by atomic mass is 10.1. The average Bonchev–Trinajstić information content (AvgIpc) is 3.04. The number of hydrogen-bond donors (Lipinski definition) is 2. The van der Waals surface area contributed by atoms with Gasteiger partial charge in [-0.15, -0.1) is 0 Å². The Bertz CT molecular complexity index is 1750. The zero-order chi connectivity index (χ0) is 31.8. The van der Waals surface area contributed by atoms with Gasteiger partial charge in [0.2, 0.25) is 0 Å². The van der Waals surface area contributed by atoms with Gasteiger partial charge in [-0.3, -0.25) is 19.7 Å². The number of imide groups is 2. The summed E-state index contributed by atoms with van der Waals surface area (Å²) in [6.07, 6.45) is 1.37. The molecule has 1 heterocycles. The second-order valence-corrected chi connectivity index (χ2v) is 10.0. The molecule has 1 aliphatic rings. The maximum absolute atomic E-state index is 13.4. The van der Waals surface area contributed by atoms with Crippen LogP contribution in [0.1, 0.15) is 23.6 Å². The third kappa shape index (κ3) is 7.55. The normalized spacial score (nSPS) is 13.8. The quantitative estimate of drug-likeness (QED) is 0.167. The molecule has 0 unspecified atom stereocenters. The van der Waals surface area contributed by atoms with Crippen molar-refractivity contribution in [3.8, 4) is 17.2 Å². The van der Waals surface area contributed by atoms with E-state index >= 15 is 0 Å². The van der Waals surface area contributed by atoms with E-state index in [1.807, 2.05) is 55.5 Å². The molecule has 1 aliphatic heterocycles. The van der Waals surface area contributed by atoms with Crippen molar-refractivity contribution >= 4 is 41.2 Å². The molecule has 0 bridgehead atoms. The number of carbonyl (C=O) groups excluding carboxylic acids is 4. The molecule has 10 nitrogen and oxygen atoms in total. The van der Waals surface area contributed by atoms with Crippen molar-refractivity contribution in [2.75, 3.05) is 23.4 Å². The molecule has 2 N–H and O–H groups in total. The summed E-state index contributed by atoms with van der Waals surface area (Å²) < 4.78 is 17.2. The van der Waals surface area contributed by atoms with Gasteiger partial charge in [-0.1, -0.05) is 54.6 Å². The number of para-hydroxylation sites is 1. The van der Waals surface area contributed by atoms with E-state index in [0.29, 0.717) is 41.7 Å². The molecule has 228 valence electrons. The molecule has 0 spiro atoms. The van der Waals surface area contributed by atoms with Crippen LogP contribution < -0.4 is 29.7 Å². The Morgan fingerprint density at radius 2 is 1.58 bits per heavy atom. The number of benzene rings is 4. The highest BCUT2D eigenvalue weighted by atomic mass is 16.5. The molecular weight excluding hydrogens is 574 g/mol. The van der Waals surface area contributed by atoms with Gasteiger partial charge in [-0.05, 0) is 79.1 Å². The summed E-state index contributed by atoms with van der Waals surface area (Å²) in [5.74, 6) is -0.772. The van der Waals surface area contributed by atoms with Gasteiger partial charge >= 0.3 is 6.03 Å². The molecular formula is C35H31N3O7. The fourth-order valence-corrected chi connectivity index (χ4v) is 4.54. The lowest BCUT2D eigenvalue weighted by molar-refractivity contribution is -0.122. The van der Waals surface area contributed by atoms with Crippen LogP contribution in [0.25, 0.3) is 6.08 Å². The number of nitrogens with zero attached hydrogens (tertiary/aromatic N) is 1. The highest BCUT2D eigenvalue weighted by molar-refractivity contribution is 6.39. The van der Waals surface area contributed by atoms with Crippen molar-refractivity contribution in [3.63, 3.8) is 0 Å². The first-order valence-corrected chi connectivity index (χ1v) is 14.3. The Morgan fingerprint density at radius 1 is 0.844 bits per heavy atom. The molecule has 0 radical (unpaired) electrons. The van der Waals surface area contributed by atoms with Crippen molar-refractivity contribution in [1.29, 1.82) is 0 Å². The van der Waals surface area contributed by atoms with Crippen molar-refractivity contribution < 1.29 is 33.4 Å². The third-order valence-corrected chi connectivity index (χ3v) is 6.80. The van der Waals surface area contributed by atoms with Crippen LogP contribution in [0, 0.1) is 6.92 Å². The van der Waals surface area contributed by atoms with Crippen LogP contribution >= 0.6 is 0 Å². The van der Waals surface area contributed by atoms with Gasteiger partial charge in [-0.2, -0.15) is 0 Å². The number of rotatable bonds is 11. The minimum Gasteiger partial charge on any atom is -0.490 e. The number of carbonyl (C=O) groups is 4. The van der Waals surface area contributed by atoms with Gasteiger partial charge in [-0.25, -0.2) is 9.69 Å². The molecule has 1 saturated heterocycles. The minimum atomic E-state index is -0.858. The number of aryl methyl sites for hydroxylation is 1. The fourth-order valence-electron chi connectivity index (χ4n) is 4.54. The van der Waals surface area contributed by atoms with Gasteiger partial charge in [0.1, 0.15) is 17.9 Å². The monoisotopic (exact) mass is 605 g/mol. The van der Waals surface area contributed by atoms with Gasteiger partial charge < -0.3 is 19.5 Å². The number of anilines is 2. The van der Waals surface area contributed by atoms with Crippen LogP contribution in [-0.2, 0) is 21.0 Å². The summed E-state index contributed by atoms with van der Waals surface area (Å²) in [4.78, 5) is 52.2. The Kier molecular flexibility index (Phi) is 9.54. The molecule has 0 atom stereocenters. The molecule has 4 aromatic carbocycles. The highest BCUT2D eigenvalue weighted by Gasteiger charge is 2.36. The van der Waals surface area contributed by atoms with E-state index in [1.54, 1.807) is 55.5 Å². The minimum absolute atomic E-state index is 0.243. The zero-order valence-electron chi connectivity index (χ0n) is 24.7. The maximum Gasteiger partial charge on any atom is 0.335 e. The van der Waals surface area contributed by atoms with E-state index in [2.05, 4.69) is 10.6 Å². The number of amides is 5. The van der Waals surface area contributed by atoms with Crippen molar-refractivity contribution in [2.24, 2.45) is 0 Å². The van der Waals surface area contributed by atoms with Crippen LogP contribution in [-0.4, -0.2) is 37.0 Å². The summed E-state index contributed by atoms with van der Waals surface area (Å²) >= 11 is 0. The van der Waals surface area contributed by atoms with E-state index in [0.717, 1.165) is 16.0 Å². The van der Waals surface area contributed by atoms with Crippen LogP contribution in [0.4, 0.5) is 16.2 Å². The van der Waals surface area contributed by atoms with Gasteiger partial charge in [0.25, 0.3) is 17.7 Å². The predicted molar refractivity (Wildman–Crippen MR) is 169 cm³/mol. The number of barbiturate groups is 1. The van der Waals surface area contributed by atoms with Crippen LogP contribution in [0.15, 0.2) is 103 Å². The number of ether oxygens (including phenoxy) is 3. The van der Waals surface area contributed by atoms with Crippen molar-refractivity contribution in [1.82, 2.24) is 5.32 Å². The Balaban J connectivity index is 1.29. The van der Waals surface area contributed by atoms with Gasteiger partial charge in [0.05, 0.1) is 12.3 Å². The Morgan fingerprint density at radius 3 is 2.31 bits per heavy atom. The smallest absolute Gasteiger partial charge is 0.335 e. The Hall–Kier alpha value is -5.90.